The van der Waals surface area contributed by atoms with E-state index in [1.54, 1.807) is 12.1 Å². The Morgan fingerprint density at radius 3 is 2.56 bits per heavy atom. The van der Waals surface area contributed by atoms with Gasteiger partial charge < -0.3 is 4.57 Å². The van der Waals surface area contributed by atoms with Crippen LogP contribution in [0.3, 0.4) is 0 Å². The molecule has 0 aliphatic heterocycles. The Morgan fingerprint density at radius 2 is 1.92 bits per heavy atom. The van der Waals surface area contributed by atoms with Crippen molar-refractivity contribution in [1.29, 1.82) is 0 Å². The van der Waals surface area contributed by atoms with Crippen molar-refractivity contribution in [3.63, 3.8) is 0 Å². The highest BCUT2D eigenvalue weighted by Crippen LogP contribution is 2.32. The van der Waals surface area contributed by atoms with E-state index in [2.05, 4.69) is 15.9 Å². The van der Waals surface area contributed by atoms with E-state index >= 15 is 0 Å². The van der Waals surface area contributed by atoms with Gasteiger partial charge >= 0.3 is 6.18 Å². The van der Waals surface area contributed by atoms with Crippen molar-refractivity contribution in [2.45, 2.75) is 12.7 Å². The van der Waals surface area contributed by atoms with Gasteiger partial charge in [0.05, 0.1) is 12.1 Å². The van der Waals surface area contributed by atoms with Gasteiger partial charge in [-0.3, -0.25) is 4.79 Å². The lowest BCUT2D eigenvalue weighted by Gasteiger charge is -2.08. The number of rotatable bonds is 3. The SMILES string of the molecule is O=C(c1cn(Cc2c(F)cccc2Cl)c2ccc(Br)cc12)C(F)(F)F. The lowest BCUT2D eigenvalue weighted by atomic mass is 10.1. The quantitative estimate of drug-likeness (QED) is 0.367. The molecule has 0 saturated carbocycles. The Morgan fingerprint density at radius 1 is 1.20 bits per heavy atom. The third kappa shape index (κ3) is 3.43. The molecule has 130 valence electrons. The first-order chi connectivity index (χ1) is 11.7. The Kier molecular flexibility index (Phi) is 4.64. The van der Waals surface area contributed by atoms with E-state index in [1.807, 2.05) is 0 Å². The van der Waals surface area contributed by atoms with Crippen LogP contribution in [-0.4, -0.2) is 16.5 Å². The molecule has 1 heterocycles. The molecule has 2 aromatic carbocycles. The third-order valence-electron chi connectivity index (χ3n) is 3.74. The predicted molar refractivity (Wildman–Crippen MR) is 90.5 cm³/mol. The first kappa shape index (κ1) is 17.9. The Labute approximate surface area is 153 Å². The fraction of sp³-hybridized carbons (Fsp3) is 0.118. The molecule has 0 bridgehead atoms. The highest BCUT2D eigenvalue weighted by Gasteiger charge is 2.40. The van der Waals surface area contributed by atoms with Gasteiger partial charge in [-0.2, -0.15) is 13.2 Å². The van der Waals surface area contributed by atoms with Crippen LogP contribution < -0.4 is 0 Å². The van der Waals surface area contributed by atoms with Crippen LogP contribution >= 0.6 is 27.5 Å². The summed E-state index contributed by atoms with van der Waals surface area (Å²) in [6.07, 6.45) is -3.92. The number of aromatic nitrogens is 1. The zero-order valence-electron chi connectivity index (χ0n) is 12.4. The maximum Gasteiger partial charge on any atom is 0.454 e. The summed E-state index contributed by atoms with van der Waals surface area (Å²) < 4.78 is 54.5. The zero-order valence-corrected chi connectivity index (χ0v) is 14.7. The molecule has 0 amide bonds. The highest BCUT2D eigenvalue weighted by atomic mass is 79.9. The van der Waals surface area contributed by atoms with Gasteiger partial charge in [0.1, 0.15) is 5.82 Å². The minimum Gasteiger partial charge on any atom is -0.342 e. The van der Waals surface area contributed by atoms with Gasteiger partial charge in [0, 0.05) is 32.2 Å². The molecule has 25 heavy (non-hydrogen) atoms. The number of ketones is 1. The minimum absolute atomic E-state index is 0.102. The minimum atomic E-state index is -5.00. The largest absolute Gasteiger partial charge is 0.454 e. The van der Waals surface area contributed by atoms with Crippen LogP contribution in [0.15, 0.2) is 47.1 Å². The highest BCUT2D eigenvalue weighted by molar-refractivity contribution is 9.10. The lowest BCUT2D eigenvalue weighted by Crippen LogP contribution is -2.22. The maximum absolute atomic E-state index is 14.0. The molecule has 0 radical (unpaired) electrons. The number of hydrogen-bond donors (Lipinski definition) is 0. The van der Waals surface area contributed by atoms with Crippen molar-refractivity contribution in [3.05, 3.63) is 69.0 Å². The van der Waals surface area contributed by atoms with Crippen molar-refractivity contribution >= 4 is 44.2 Å². The van der Waals surface area contributed by atoms with Crippen LogP contribution in [0.25, 0.3) is 10.9 Å². The summed E-state index contributed by atoms with van der Waals surface area (Å²) >= 11 is 9.17. The molecule has 0 N–H and O–H groups in total. The summed E-state index contributed by atoms with van der Waals surface area (Å²) in [7, 11) is 0. The monoisotopic (exact) mass is 433 g/mol. The molecule has 3 rings (SSSR count). The van der Waals surface area contributed by atoms with E-state index in [-0.39, 0.29) is 22.5 Å². The number of benzene rings is 2. The number of carbonyl (C=O) groups excluding carboxylic acids is 1. The Balaban J connectivity index is 2.18. The van der Waals surface area contributed by atoms with Gasteiger partial charge in [0.25, 0.3) is 5.78 Å². The number of halogens is 6. The van der Waals surface area contributed by atoms with E-state index < -0.39 is 23.3 Å². The maximum atomic E-state index is 14.0. The van der Waals surface area contributed by atoms with Crippen molar-refractivity contribution in [2.24, 2.45) is 0 Å². The molecule has 0 atom stereocenters. The lowest BCUT2D eigenvalue weighted by molar-refractivity contribution is -0.0884. The van der Waals surface area contributed by atoms with E-state index in [0.29, 0.717) is 9.99 Å². The van der Waals surface area contributed by atoms with Crippen molar-refractivity contribution < 1.29 is 22.4 Å². The fourth-order valence-electron chi connectivity index (χ4n) is 2.59. The predicted octanol–water partition coefficient (Wildman–Crippen LogP) is 5.99. The Bertz CT molecular complexity index is 960. The molecular weight excluding hydrogens is 426 g/mol. The summed E-state index contributed by atoms with van der Waals surface area (Å²) in [4.78, 5) is 11.7. The van der Waals surface area contributed by atoms with Gasteiger partial charge in [0.15, 0.2) is 0 Å². The number of alkyl halides is 3. The van der Waals surface area contributed by atoms with E-state index in [1.165, 1.54) is 28.8 Å². The number of hydrogen-bond acceptors (Lipinski definition) is 1. The van der Waals surface area contributed by atoms with Crippen molar-refractivity contribution in [1.82, 2.24) is 4.57 Å². The molecule has 8 heteroatoms. The topological polar surface area (TPSA) is 22.0 Å². The summed E-state index contributed by atoms with van der Waals surface area (Å²) in [6, 6.07) is 8.75. The molecular formula is C17H9BrClF4NO. The smallest absolute Gasteiger partial charge is 0.342 e. The third-order valence-corrected chi connectivity index (χ3v) is 4.58. The molecule has 2 nitrogen and oxygen atoms in total. The Hall–Kier alpha value is -1.86. The molecule has 0 aliphatic rings. The molecule has 0 aliphatic carbocycles. The molecule has 0 spiro atoms. The number of nitrogens with zero attached hydrogens (tertiary/aromatic N) is 1. The van der Waals surface area contributed by atoms with E-state index in [0.717, 1.165) is 6.20 Å². The summed E-state index contributed by atoms with van der Waals surface area (Å²) in [5.74, 6) is -2.52. The molecule has 3 aromatic rings. The van der Waals surface area contributed by atoms with Gasteiger partial charge in [-0.1, -0.05) is 33.6 Å². The standard InChI is InChI=1S/C17H9BrClF4NO/c18-9-4-5-15-10(6-9)11(16(25)17(21,22)23)7-24(15)8-12-13(19)2-1-3-14(12)20/h1-7H,8H2. The summed E-state index contributed by atoms with van der Waals surface area (Å²) in [5, 5.41) is 0.284. The van der Waals surface area contributed by atoms with Gasteiger partial charge in [0.2, 0.25) is 0 Å². The van der Waals surface area contributed by atoms with Crippen LogP contribution in [0.2, 0.25) is 5.02 Å². The van der Waals surface area contributed by atoms with Crippen LogP contribution in [0.5, 0.6) is 0 Å². The first-order valence-corrected chi connectivity index (χ1v) is 8.18. The number of Topliss-reactive ketones (excluding diaryl/α,β-unsaturated/α-hetero) is 1. The second-order valence-corrected chi connectivity index (χ2v) is 6.68. The summed E-state index contributed by atoms with van der Waals surface area (Å²) in [5.41, 5.74) is 0.0152. The van der Waals surface area contributed by atoms with Crippen LogP contribution in [0.1, 0.15) is 15.9 Å². The fourth-order valence-corrected chi connectivity index (χ4v) is 3.17. The second kappa shape index (κ2) is 6.46. The normalized spacial score (nSPS) is 11.9. The molecule has 0 fully saturated rings. The van der Waals surface area contributed by atoms with Gasteiger partial charge in [-0.25, -0.2) is 4.39 Å². The first-order valence-electron chi connectivity index (χ1n) is 7.01. The summed E-state index contributed by atoms with van der Waals surface area (Å²) in [6.45, 7) is -0.102. The van der Waals surface area contributed by atoms with E-state index in [9.17, 15) is 22.4 Å². The average molecular weight is 435 g/mol. The molecule has 1 aromatic heterocycles. The van der Waals surface area contributed by atoms with Crippen LogP contribution in [0.4, 0.5) is 17.6 Å². The van der Waals surface area contributed by atoms with Crippen molar-refractivity contribution in [2.75, 3.05) is 0 Å². The van der Waals surface area contributed by atoms with Gasteiger partial charge in [-0.15, -0.1) is 0 Å². The average Bonchev–Trinajstić information content (AvgIpc) is 2.87. The number of fused-ring (bicyclic) bond motifs is 1. The van der Waals surface area contributed by atoms with Crippen LogP contribution in [-0.2, 0) is 6.54 Å². The zero-order chi connectivity index (χ0) is 18.4. The van der Waals surface area contributed by atoms with Gasteiger partial charge in [-0.05, 0) is 30.3 Å². The van der Waals surface area contributed by atoms with E-state index in [4.69, 9.17) is 11.6 Å². The number of carbonyl (C=O) groups is 1. The van der Waals surface area contributed by atoms with Crippen LogP contribution in [0, 0.1) is 5.82 Å². The molecule has 0 saturated heterocycles. The molecule has 0 unspecified atom stereocenters. The second-order valence-electron chi connectivity index (χ2n) is 5.36. The van der Waals surface area contributed by atoms with Crippen molar-refractivity contribution in [3.8, 4) is 0 Å².